The van der Waals surface area contributed by atoms with Gasteiger partial charge in [-0.05, 0) is 11.6 Å². The Morgan fingerprint density at radius 3 is 2.50 bits per heavy atom. The van der Waals surface area contributed by atoms with Crippen LogP contribution in [0.15, 0.2) is 54.6 Å². The fourth-order valence-corrected chi connectivity index (χ4v) is 1.95. The van der Waals surface area contributed by atoms with E-state index in [1.165, 1.54) is 0 Å². The highest BCUT2D eigenvalue weighted by Gasteiger charge is 2.16. The van der Waals surface area contributed by atoms with Gasteiger partial charge in [-0.2, -0.15) is 0 Å². The van der Waals surface area contributed by atoms with E-state index in [-0.39, 0.29) is 5.91 Å². The lowest BCUT2D eigenvalue weighted by atomic mass is 10.1. The summed E-state index contributed by atoms with van der Waals surface area (Å²) < 4.78 is 5.11. The molecule has 1 unspecified atom stereocenters. The maximum absolute atomic E-state index is 12.2. The molecule has 1 amide bonds. The molecule has 2 aromatic rings. The van der Waals surface area contributed by atoms with Gasteiger partial charge in [-0.15, -0.1) is 0 Å². The minimum absolute atomic E-state index is 0.236. The summed E-state index contributed by atoms with van der Waals surface area (Å²) in [6, 6.07) is 16.1. The number of rotatable bonds is 5. The van der Waals surface area contributed by atoms with Crippen LogP contribution < -0.4 is 11.1 Å². The summed E-state index contributed by atoms with van der Waals surface area (Å²) in [5, 5.41) is 2.85. The van der Waals surface area contributed by atoms with Crippen molar-refractivity contribution >= 4 is 11.6 Å². The molecule has 0 aliphatic heterocycles. The summed E-state index contributed by atoms with van der Waals surface area (Å²) >= 11 is 0. The van der Waals surface area contributed by atoms with E-state index in [4.69, 9.17) is 10.5 Å². The van der Waals surface area contributed by atoms with Crippen molar-refractivity contribution in [2.45, 2.75) is 12.6 Å². The van der Waals surface area contributed by atoms with Gasteiger partial charge in [0.15, 0.2) is 0 Å². The molecule has 0 spiro atoms. The van der Waals surface area contributed by atoms with E-state index in [2.05, 4.69) is 5.32 Å². The third-order valence-electron chi connectivity index (χ3n) is 3.02. The lowest BCUT2D eigenvalue weighted by Gasteiger charge is -2.15. The molecule has 3 N–H and O–H groups in total. The normalized spacial score (nSPS) is 11.9. The largest absolute Gasteiger partial charge is 0.380 e. The van der Waals surface area contributed by atoms with Crippen LogP contribution in [0.3, 0.4) is 0 Å². The number of benzene rings is 2. The number of anilines is 1. The second-order valence-electron chi connectivity index (χ2n) is 4.47. The number of nitrogens with two attached hydrogens (primary N) is 1. The molecule has 0 saturated carbocycles. The highest BCUT2D eigenvalue weighted by atomic mass is 16.5. The molecule has 0 aliphatic rings. The summed E-state index contributed by atoms with van der Waals surface area (Å²) in [5.41, 5.74) is 8.40. The molecule has 104 valence electrons. The van der Waals surface area contributed by atoms with Crippen LogP contribution in [-0.4, -0.2) is 13.0 Å². The number of nitrogens with one attached hydrogen (secondary N) is 1. The first-order valence-electron chi connectivity index (χ1n) is 6.40. The summed E-state index contributed by atoms with van der Waals surface area (Å²) in [7, 11) is 1.62. The van der Waals surface area contributed by atoms with E-state index < -0.39 is 6.04 Å². The molecule has 0 radical (unpaired) electrons. The lowest BCUT2D eigenvalue weighted by molar-refractivity contribution is -0.117. The van der Waals surface area contributed by atoms with Gasteiger partial charge >= 0.3 is 0 Å². The first-order chi connectivity index (χ1) is 9.72. The molecule has 0 aromatic heterocycles. The van der Waals surface area contributed by atoms with Gasteiger partial charge in [-0.3, -0.25) is 4.79 Å². The van der Waals surface area contributed by atoms with Gasteiger partial charge in [0.1, 0.15) is 6.04 Å². The van der Waals surface area contributed by atoms with Crippen molar-refractivity contribution < 1.29 is 9.53 Å². The number of amides is 1. The number of ether oxygens (including phenoxy) is 1. The molecule has 0 aliphatic carbocycles. The Morgan fingerprint density at radius 2 is 1.80 bits per heavy atom. The van der Waals surface area contributed by atoms with Crippen LogP contribution in [0.1, 0.15) is 17.2 Å². The zero-order chi connectivity index (χ0) is 14.4. The van der Waals surface area contributed by atoms with Gasteiger partial charge in [0.05, 0.1) is 6.61 Å². The van der Waals surface area contributed by atoms with Gasteiger partial charge < -0.3 is 15.8 Å². The molecule has 0 saturated heterocycles. The smallest absolute Gasteiger partial charge is 0.245 e. The Morgan fingerprint density at radius 1 is 1.15 bits per heavy atom. The second kappa shape index (κ2) is 6.84. The molecule has 0 bridgehead atoms. The number of hydrogen-bond acceptors (Lipinski definition) is 3. The Hall–Kier alpha value is -2.17. The molecule has 2 rings (SSSR count). The molecule has 0 heterocycles. The van der Waals surface area contributed by atoms with Crippen LogP contribution >= 0.6 is 0 Å². The number of carbonyl (C=O) groups is 1. The zero-order valence-electron chi connectivity index (χ0n) is 11.4. The van der Waals surface area contributed by atoms with Gasteiger partial charge in [-0.1, -0.05) is 48.5 Å². The standard InChI is InChI=1S/C16H18N2O2/c1-20-11-13-9-5-6-10-14(13)18-16(19)15(17)12-7-3-2-4-8-12/h2-10,15H,11,17H2,1H3,(H,18,19). The maximum Gasteiger partial charge on any atom is 0.245 e. The Bertz CT molecular complexity index is 570. The predicted molar refractivity (Wildman–Crippen MR) is 79.2 cm³/mol. The van der Waals surface area contributed by atoms with Gasteiger partial charge in [0.2, 0.25) is 5.91 Å². The number of para-hydroxylation sites is 1. The van der Waals surface area contributed by atoms with Crippen LogP contribution in [0.2, 0.25) is 0 Å². The minimum atomic E-state index is -0.688. The Labute approximate surface area is 118 Å². The summed E-state index contributed by atoms with van der Waals surface area (Å²) in [6.45, 7) is 0.441. The fraction of sp³-hybridized carbons (Fsp3) is 0.188. The molecular weight excluding hydrogens is 252 g/mol. The first-order valence-corrected chi connectivity index (χ1v) is 6.40. The Balaban J connectivity index is 2.12. The minimum Gasteiger partial charge on any atom is -0.380 e. The van der Waals surface area contributed by atoms with Crippen molar-refractivity contribution in [2.75, 3.05) is 12.4 Å². The summed E-state index contributed by atoms with van der Waals surface area (Å²) in [5.74, 6) is -0.236. The van der Waals surface area contributed by atoms with Crippen molar-refractivity contribution in [3.05, 3.63) is 65.7 Å². The van der Waals surface area contributed by atoms with Crippen LogP contribution in [0.4, 0.5) is 5.69 Å². The Kier molecular flexibility index (Phi) is 4.87. The van der Waals surface area contributed by atoms with Crippen LogP contribution in [0.25, 0.3) is 0 Å². The zero-order valence-corrected chi connectivity index (χ0v) is 11.4. The van der Waals surface area contributed by atoms with E-state index in [0.717, 1.165) is 16.8 Å². The van der Waals surface area contributed by atoms with Crippen molar-refractivity contribution in [1.29, 1.82) is 0 Å². The predicted octanol–water partition coefficient (Wildman–Crippen LogP) is 2.47. The maximum atomic E-state index is 12.2. The van der Waals surface area contributed by atoms with E-state index in [1.807, 2.05) is 54.6 Å². The fourth-order valence-electron chi connectivity index (χ4n) is 1.95. The third-order valence-corrected chi connectivity index (χ3v) is 3.02. The van der Waals surface area contributed by atoms with Gasteiger partial charge in [0, 0.05) is 18.4 Å². The molecule has 0 fully saturated rings. The highest BCUT2D eigenvalue weighted by Crippen LogP contribution is 2.18. The van der Waals surface area contributed by atoms with Crippen molar-refractivity contribution in [2.24, 2.45) is 5.73 Å². The molecule has 1 atom stereocenters. The molecule has 20 heavy (non-hydrogen) atoms. The molecule has 4 nitrogen and oxygen atoms in total. The van der Waals surface area contributed by atoms with E-state index >= 15 is 0 Å². The van der Waals surface area contributed by atoms with Crippen LogP contribution in [0.5, 0.6) is 0 Å². The van der Waals surface area contributed by atoms with Crippen LogP contribution in [0, 0.1) is 0 Å². The average molecular weight is 270 g/mol. The number of methoxy groups -OCH3 is 1. The van der Waals surface area contributed by atoms with Crippen molar-refractivity contribution in [3.8, 4) is 0 Å². The molecule has 4 heteroatoms. The summed E-state index contributed by atoms with van der Waals surface area (Å²) in [6.07, 6.45) is 0. The number of carbonyl (C=O) groups excluding carboxylic acids is 1. The monoisotopic (exact) mass is 270 g/mol. The first kappa shape index (κ1) is 14.2. The SMILES string of the molecule is COCc1ccccc1NC(=O)C(N)c1ccccc1. The van der Waals surface area contributed by atoms with Crippen molar-refractivity contribution in [1.82, 2.24) is 0 Å². The lowest BCUT2D eigenvalue weighted by Crippen LogP contribution is -2.28. The topological polar surface area (TPSA) is 64.3 Å². The van der Waals surface area contributed by atoms with Crippen molar-refractivity contribution in [3.63, 3.8) is 0 Å². The quantitative estimate of drug-likeness (QED) is 0.877. The third kappa shape index (κ3) is 3.44. The van der Waals surface area contributed by atoms with E-state index in [9.17, 15) is 4.79 Å². The molecular formula is C16H18N2O2. The van der Waals surface area contributed by atoms with Gasteiger partial charge in [-0.25, -0.2) is 0 Å². The van der Waals surface area contributed by atoms with Gasteiger partial charge in [0.25, 0.3) is 0 Å². The molecule has 2 aromatic carbocycles. The summed E-state index contributed by atoms with van der Waals surface area (Å²) in [4.78, 5) is 12.2. The number of hydrogen-bond donors (Lipinski definition) is 2. The van der Waals surface area contributed by atoms with Crippen LogP contribution in [-0.2, 0) is 16.1 Å². The van der Waals surface area contributed by atoms with E-state index in [1.54, 1.807) is 7.11 Å². The second-order valence-corrected chi connectivity index (χ2v) is 4.47. The average Bonchev–Trinajstić information content (AvgIpc) is 2.49. The van der Waals surface area contributed by atoms with E-state index in [0.29, 0.717) is 6.61 Å². The highest BCUT2D eigenvalue weighted by molar-refractivity contribution is 5.95.